The van der Waals surface area contributed by atoms with Gasteiger partial charge in [0.25, 0.3) is 5.91 Å². The molecule has 3 atom stereocenters. The summed E-state index contributed by atoms with van der Waals surface area (Å²) in [6.45, 7) is 1.46. The molecule has 1 unspecified atom stereocenters. The predicted octanol–water partition coefficient (Wildman–Crippen LogP) is 1.44. The number of amides is 1. The third-order valence-electron chi connectivity index (χ3n) is 4.16. The largest absolute Gasteiger partial charge is 0.506 e. The van der Waals surface area contributed by atoms with Crippen LogP contribution in [-0.4, -0.2) is 40.0 Å². The Morgan fingerprint density at radius 3 is 2.40 bits per heavy atom. The molecule has 1 amide bonds. The first-order valence-corrected chi connectivity index (χ1v) is 6.34. The number of nitrogens with two attached hydrogens (primary N) is 1. The highest BCUT2D eigenvalue weighted by atomic mass is 35.5. The molecule has 5 nitrogen and oxygen atoms in total. The lowest BCUT2D eigenvalue weighted by atomic mass is 9.93. The molecule has 20 heavy (non-hydrogen) atoms. The molecule has 2 bridgehead atoms. The first-order chi connectivity index (χ1) is 8.65. The Morgan fingerprint density at radius 1 is 1.25 bits per heavy atom. The number of hydrogen-bond acceptors (Lipinski definition) is 4. The zero-order valence-electron chi connectivity index (χ0n) is 10.9. The van der Waals surface area contributed by atoms with E-state index in [1.54, 1.807) is 0 Å². The van der Waals surface area contributed by atoms with Crippen molar-refractivity contribution in [2.45, 2.75) is 18.9 Å². The van der Waals surface area contributed by atoms with E-state index < -0.39 is 0 Å². The highest BCUT2D eigenvalue weighted by Gasteiger charge is 2.41. The Bertz CT molecular complexity index is 472. The van der Waals surface area contributed by atoms with Crippen LogP contribution in [0.4, 0.5) is 0 Å². The van der Waals surface area contributed by atoms with Gasteiger partial charge in [0.1, 0.15) is 5.75 Å². The van der Waals surface area contributed by atoms with E-state index in [0.29, 0.717) is 17.4 Å². The fraction of sp³-hybridized carbons (Fsp3) is 0.538. The number of aromatic hydroxyl groups is 1. The minimum Gasteiger partial charge on any atom is -0.506 e. The maximum atomic E-state index is 12.3. The number of aromatic nitrogens is 1. The van der Waals surface area contributed by atoms with E-state index in [2.05, 4.69) is 4.98 Å². The third-order valence-corrected chi connectivity index (χ3v) is 4.16. The summed E-state index contributed by atoms with van der Waals surface area (Å²) in [6, 6.07) is 1.71. The van der Waals surface area contributed by atoms with Gasteiger partial charge in [-0.15, -0.1) is 24.8 Å². The van der Waals surface area contributed by atoms with Crippen LogP contribution < -0.4 is 5.73 Å². The van der Waals surface area contributed by atoms with E-state index in [9.17, 15) is 9.90 Å². The Kier molecular flexibility index (Phi) is 5.62. The number of pyridine rings is 1. The van der Waals surface area contributed by atoms with Gasteiger partial charge < -0.3 is 15.7 Å². The van der Waals surface area contributed by atoms with Crippen LogP contribution in [-0.2, 0) is 0 Å². The van der Waals surface area contributed by atoms with Gasteiger partial charge in [-0.3, -0.25) is 9.78 Å². The van der Waals surface area contributed by atoms with Gasteiger partial charge in [0, 0.05) is 25.3 Å². The number of nitrogens with zero attached hydrogens (tertiary/aromatic N) is 2. The Labute approximate surface area is 130 Å². The molecule has 2 fully saturated rings. The summed E-state index contributed by atoms with van der Waals surface area (Å²) in [7, 11) is 0. The molecule has 2 aliphatic rings. The lowest BCUT2D eigenvalue weighted by molar-refractivity contribution is 0.0636. The summed E-state index contributed by atoms with van der Waals surface area (Å²) in [5.74, 6) is 0.829. The van der Waals surface area contributed by atoms with Gasteiger partial charge in [-0.05, 0) is 30.7 Å². The van der Waals surface area contributed by atoms with Crippen molar-refractivity contribution in [3.63, 3.8) is 0 Å². The van der Waals surface area contributed by atoms with Crippen molar-refractivity contribution in [1.29, 1.82) is 0 Å². The van der Waals surface area contributed by atoms with Crippen molar-refractivity contribution in [3.8, 4) is 5.75 Å². The van der Waals surface area contributed by atoms with Crippen molar-refractivity contribution in [2.24, 2.45) is 17.6 Å². The van der Waals surface area contributed by atoms with Crippen LogP contribution >= 0.6 is 24.8 Å². The number of carbonyl (C=O) groups is 1. The molecule has 3 rings (SSSR count). The molecule has 112 valence electrons. The second kappa shape index (κ2) is 6.61. The second-order valence-corrected chi connectivity index (χ2v) is 5.32. The smallest absolute Gasteiger partial charge is 0.255 e. The molecule has 0 radical (unpaired) electrons. The molecule has 0 aromatic carbocycles. The normalized spacial score (nSPS) is 27.4. The van der Waals surface area contributed by atoms with Crippen LogP contribution in [0.3, 0.4) is 0 Å². The van der Waals surface area contributed by atoms with E-state index in [1.807, 2.05) is 4.90 Å². The summed E-state index contributed by atoms with van der Waals surface area (Å²) >= 11 is 0. The Hall–Kier alpha value is -1.04. The molecular weight excluding hydrogens is 301 g/mol. The van der Waals surface area contributed by atoms with E-state index in [1.165, 1.54) is 18.5 Å². The fourth-order valence-corrected chi connectivity index (χ4v) is 3.16. The highest BCUT2D eigenvalue weighted by Crippen LogP contribution is 2.36. The van der Waals surface area contributed by atoms with Gasteiger partial charge in [-0.2, -0.15) is 0 Å². The first kappa shape index (κ1) is 17.0. The Balaban J connectivity index is 0.000001000. The van der Waals surface area contributed by atoms with Crippen molar-refractivity contribution in [3.05, 3.63) is 24.0 Å². The van der Waals surface area contributed by atoms with E-state index >= 15 is 0 Å². The predicted molar refractivity (Wildman–Crippen MR) is 80.5 cm³/mol. The summed E-state index contributed by atoms with van der Waals surface area (Å²) in [5, 5.41) is 9.37. The van der Waals surface area contributed by atoms with Gasteiger partial charge in [0.05, 0.1) is 11.8 Å². The van der Waals surface area contributed by atoms with Crippen molar-refractivity contribution in [1.82, 2.24) is 9.88 Å². The molecule has 1 aliphatic carbocycles. The third kappa shape index (κ3) is 3.00. The van der Waals surface area contributed by atoms with Gasteiger partial charge in [-0.1, -0.05) is 0 Å². The molecule has 1 aromatic heterocycles. The zero-order valence-corrected chi connectivity index (χ0v) is 12.6. The molecule has 3 N–H and O–H groups in total. The van der Waals surface area contributed by atoms with Crippen molar-refractivity contribution in [2.75, 3.05) is 13.1 Å². The highest BCUT2D eigenvalue weighted by molar-refractivity contribution is 5.94. The maximum absolute atomic E-state index is 12.3. The van der Waals surface area contributed by atoms with Crippen LogP contribution in [0.2, 0.25) is 0 Å². The number of fused-ring (bicyclic) bond motifs is 2. The number of carbonyl (C=O) groups excluding carboxylic acids is 1. The molecule has 1 saturated carbocycles. The average molecular weight is 320 g/mol. The summed E-state index contributed by atoms with van der Waals surface area (Å²) in [6.07, 6.45) is 5.06. The van der Waals surface area contributed by atoms with E-state index in [-0.39, 0.29) is 42.5 Å². The van der Waals surface area contributed by atoms with Crippen LogP contribution in [0.1, 0.15) is 23.2 Å². The number of halogens is 2. The average Bonchev–Trinajstić information content (AvgIpc) is 2.61. The van der Waals surface area contributed by atoms with Crippen LogP contribution in [0.25, 0.3) is 0 Å². The maximum Gasteiger partial charge on any atom is 0.255 e. The molecule has 1 aromatic rings. The zero-order chi connectivity index (χ0) is 12.7. The second-order valence-electron chi connectivity index (χ2n) is 5.32. The number of likely N-dealkylation sites (tertiary alicyclic amines) is 1. The molecule has 1 saturated heterocycles. The number of rotatable bonds is 1. The topological polar surface area (TPSA) is 79.5 Å². The SMILES string of the molecule is Cl.Cl.NC1[C@@H]2CC[C@H]1CN(C(=O)c1cncc(O)c1)C2. The quantitative estimate of drug-likeness (QED) is 0.821. The molecular formula is C13H19Cl2N3O2. The summed E-state index contributed by atoms with van der Waals surface area (Å²) in [4.78, 5) is 18.0. The number of hydrogen-bond donors (Lipinski definition) is 2. The van der Waals surface area contributed by atoms with Crippen LogP contribution in [0, 0.1) is 11.8 Å². The lowest BCUT2D eigenvalue weighted by Crippen LogP contribution is -2.50. The fourth-order valence-electron chi connectivity index (χ4n) is 3.16. The monoisotopic (exact) mass is 319 g/mol. The first-order valence-electron chi connectivity index (χ1n) is 6.34. The summed E-state index contributed by atoms with van der Waals surface area (Å²) < 4.78 is 0. The minimum absolute atomic E-state index is 0. The van der Waals surface area contributed by atoms with Gasteiger partial charge in [0.15, 0.2) is 0 Å². The van der Waals surface area contributed by atoms with Gasteiger partial charge in [-0.25, -0.2) is 0 Å². The lowest BCUT2D eigenvalue weighted by Gasteiger charge is -2.36. The Morgan fingerprint density at radius 2 is 1.85 bits per heavy atom. The summed E-state index contributed by atoms with van der Waals surface area (Å²) in [5.41, 5.74) is 6.57. The molecule has 0 spiro atoms. The van der Waals surface area contributed by atoms with Crippen molar-refractivity contribution < 1.29 is 9.90 Å². The van der Waals surface area contributed by atoms with Gasteiger partial charge in [0.2, 0.25) is 0 Å². The van der Waals surface area contributed by atoms with Gasteiger partial charge >= 0.3 is 0 Å². The molecule has 7 heteroatoms. The standard InChI is InChI=1S/C13H17N3O2.2ClH/c14-12-8-1-2-9(12)7-16(6-8)13(18)10-3-11(17)5-15-4-10;;/h3-5,8-9,12,17H,1-2,6-7,14H2;2*1H/t8-,9+,12?;;. The van der Waals surface area contributed by atoms with Crippen LogP contribution in [0.15, 0.2) is 18.5 Å². The number of piperidine rings is 1. The van der Waals surface area contributed by atoms with Crippen molar-refractivity contribution >= 4 is 30.7 Å². The minimum atomic E-state index is -0.0535. The molecule has 1 aliphatic heterocycles. The van der Waals surface area contributed by atoms with E-state index in [0.717, 1.165) is 25.9 Å². The van der Waals surface area contributed by atoms with E-state index in [4.69, 9.17) is 5.73 Å². The van der Waals surface area contributed by atoms with Crippen LogP contribution in [0.5, 0.6) is 5.75 Å². The molecule has 2 heterocycles.